The van der Waals surface area contributed by atoms with E-state index in [0.29, 0.717) is 0 Å². The molecule has 2 heteroatoms. The summed E-state index contributed by atoms with van der Waals surface area (Å²) in [4.78, 5) is 0. The van der Waals surface area contributed by atoms with Crippen molar-refractivity contribution in [3.8, 4) is 0 Å². The van der Waals surface area contributed by atoms with Crippen LogP contribution in [0.2, 0.25) is 0 Å². The predicted molar refractivity (Wildman–Crippen MR) is 47.1 cm³/mol. The number of hydrogen-bond acceptors (Lipinski definition) is 2. The first-order chi connectivity index (χ1) is 4.72. The van der Waals surface area contributed by atoms with Gasteiger partial charge in [-0.25, -0.2) is 0 Å². The van der Waals surface area contributed by atoms with Crippen LogP contribution >= 0.6 is 0 Å². The van der Waals surface area contributed by atoms with Crippen LogP contribution in [-0.4, -0.2) is 0 Å². The first-order valence-corrected chi connectivity index (χ1v) is 3.06. The summed E-state index contributed by atoms with van der Waals surface area (Å²) in [6.45, 7) is 7.06. The van der Waals surface area contributed by atoms with Gasteiger partial charge in [0.15, 0.2) is 0 Å². The van der Waals surface area contributed by atoms with Gasteiger partial charge in [0.1, 0.15) is 0 Å². The Hall–Kier alpha value is -1.18. The standard InChI is InChI=1S/C6H11N.C2H5N/c1-3-4-6(2)5-7;1-2-3/h3-5H,7H2,1-2H3;2H,1,3H2/b4-3-,6-5+;. The van der Waals surface area contributed by atoms with Crippen LogP contribution in [0.1, 0.15) is 13.8 Å². The lowest BCUT2D eigenvalue weighted by Gasteiger charge is -1.81. The molecule has 0 saturated carbocycles. The predicted octanol–water partition coefficient (Wildman–Crippen LogP) is 1.51. The Morgan fingerprint density at radius 2 is 1.80 bits per heavy atom. The molecule has 0 fully saturated rings. The summed E-state index contributed by atoms with van der Waals surface area (Å²) in [7, 11) is 0. The van der Waals surface area contributed by atoms with E-state index in [1.165, 1.54) is 6.20 Å². The Morgan fingerprint density at radius 3 is 1.90 bits per heavy atom. The van der Waals surface area contributed by atoms with Crippen LogP contribution in [0.3, 0.4) is 0 Å². The number of hydrogen-bond donors (Lipinski definition) is 2. The number of allylic oxidation sites excluding steroid dienone is 3. The Morgan fingerprint density at radius 1 is 1.40 bits per heavy atom. The molecule has 0 radical (unpaired) electrons. The minimum Gasteiger partial charge on any atom is -0.405 e. The van der Waals surface area contributed by atoms with Gasteiger partial charge in [0, 0.05) is 0 Å². The van der Waals surface area contributed by atoms with Gasteiger partial charge in [-0.05, 0) is 31.8 Å². The maximum absolute atomic E-state index is 5.14. The quantitative estimate of drug-likeness (QED) is 0.542. The highest BCUT2D eigenvalue weighted by molar-refractivity contribution is 5.13. The van der Waals surface area contributed by atoms with Crippen molar-refractivity contribution in [1.29, 1.82) is 0 Å². The molecule has 0 amide bonds. The molecular formula is C8H16N2. The fraction of sp³-hybridized carbons (Fsp3) is 0.250. The second kappa shape index (κ2) is 10.7. The Labute approximate surface area is 62.9 Å². The highest BCUT2D eigenvalue weighted by Crippen LogP contribution is 1.88. The minimum absolute atomic E-state index is 1.10. The van der Waals surface area contributed by atoms with Gasteiger partial charge in [0.05, 0.1) is 0 Å². The van der Waals surface area contributed by atoms with E-state index in [4.69, 9.17) is 5.73 Å². The van der Waals surface area contributed by atoms with Gasteiger partial charge in [-0.1, -0.05) is 18.7 Å². The van der Waals surface area contributed by atoms with E-state index in [1.807, 2.05) is 26.0 Å². The average molecular weight is 140 g/mol. The molecule has 0 aromatic rings. The summed E-state index contributed by atoms with van der Waals surface area (Å²) >= 11 is 0. The molecule has 10 heavy (non-hydrogen) atoms. The van der Waals surface area contributed by atoms with Crippen molar-refractivity contribution in [3.63, 3.8) is 0 Å². The van der Waals surface area contributed by atoms with Crippen LogP contribution < -0.4 is 11.5 Å². The maximum atomic E-state index is 5.14. The molecule has 0 aliphatic heterocycles. The molecule has 2 nitrogen and oxygen atoms in total. The summed E-state index contributed by atoms with van der Waals surface area (Å²) < 4.78 is 0. The molecule has 0 unspecified atom stereocenters. The van der Waals surface area contributed by atoms with Crippen LogP contribution in [0.15, 0.2) is 36.7 Å². The molecule has 0 saturated heterocycles. The Bertz CT molecular complexity index is 123. The molecule has 0 spiro atoms. The Kier molecular flexibility index (Phi) is 12.5. The van der Waals surface area contributed by atoms with E-state index in [2.05, 4.69) is 12.3 Å². The van der Waals surface area contributed by atoms with Gasteiger partial charge in [-0.2, -0.15) is 0 Å². The van der Waals surface area contributed by atoms with Gasteiger partial charge in [0.2, 0.25) is 0 Å². The van der Waals surface area contributed by atoms with E-state index in [9.17, 15) is 0 Å². The Balaban J connectivity index is 0. The maximum Gasteiger partial charge on any atom is -0.00327 e. The molecule has 0 atom stereocenters. The van der Waals surface area contributed by atoms with Gasteiger partial charge in [0.25, 0.3) is 0 Å². The molecule has 0 aromatic heterocycles. The van der Waals surface area contributed by atoms with Crippen LogP contribution in [0.5, 0.6) is 0 Å². The molecule has 0 aliphatic carbocycles. The lowest BCUT2D eigenvalue weighted by atomic mass is 10.3. The molecule has 0 heterocycles. The third-order valence-corrected chi connectivity index (χ3v) is 0.692. The van der Waals surface area contributed by atoms with Crippen LogP contribution in [-0.2, 0) is 0 Å². The summed E-state index contributed by atoms with van der Waals surface area (Å²) in [6.07, 6.45) is 6.75. The van der Waals surface area contributed by atoms with Crippen molar-refractivity contribution in [2.24, 2.45) is 11.5 Å². The fourth-order valence-electron chi connectivity index (χ4n) is 0.318. The van der Waals surface area contributed by atoms with E-state index < -0.39 is 0 Å². The van der Waals surface area contributed by atoms with E-state index in [-0.39, 0.29) is 0 Å². The van der Waals surface area contributed by atoms with Crippen LogP contribution in [0.25, 0.3) is 0 Å². The second-order valence-corrected chi connectivity index (χ2v) is 1.65. The van der Waals surface area contributed by atoms with Gasteiger partial charge in [-0.15, -0.1) is 0 Å². The smallest absolute Gasteiger partial charge is 0.00327 e. The van der Waals surface area contributed by atoms with Crippen molar-refractivity contribution in [2.75, 3.05) is 0 Å². The first kappa shape index (κ1) is 11.6. The third-order valence-electron chi connectivity index (χ3n) is 0.692. The van der Waals surface area contributed by atoms with E-state index in [1.54, 1.807) is 6.20 Å². The molecular weight excluding hydrogens is 124 g/mol. The number of nitrogens with two attached hydrogens (primary N) is 2. The fourth-order valence-corrected chi connectivity index (χ4v) is 0.318. The van der Waals surface area contributed by atoms with Gasteiger partial charge in [-0.3, -0.25) is 0 Å². The molecule has 0 rings (SSSR count). The van der Waals surface area contributed by atoms with Gasteiger partial charge >= 0.3 is 0 Å². The van der Waals surface area contributed by atoms with Crippen molar-refractivity contribution in [3.05, 3.63) is 36.7 Å². The lowest BCUT2D eigenvalue weighted by molar-refractivity contribution is 1.43. The number of rotatable bonds is 1. The summed E-state index contributed by atoms with van der Waals surface area (Å²) in [5.41, 5.74) is 10.9. The molecule has 0 aromatic carbocycles. The van der Waals surface area contributed by atoms with Crippen molar-refractivity contribution in [2.45, 2.75) is 13.8 Å². The molecule has 4 N–H and O–H groups in total. The summed E-state index contributed by atoms with van der Waals surface area (Å²) in [5, 5.41) is 0. The zero-order chi connectivity index (χ0) is 8.41. The SMILES string of the molecule is C/C=C\C(C)=C\N.C=CN. The summed E-state index contributed by atoms with van der Waals surface area (Å²) in [5.74, 6) is 0. The summed E-state index contributed by atoms with van der Waals surface area (Å²) in [6, 6.07) is 0. The zero-order valence-electron chi connectivity index (χ0n) is 6.67. The first-order valence-electron chi connectivity index (χ1n) is 3.06. The molecule has 0 aliphatic rings. The third kappa shape index (κ3) is 15.8. The van der Waals surface area contributed by atoms with Crippen LogP contribution in [0.4, 0.5) is 0 Å². The highest BCUT2D eigenvalue weighted by Gasteiger charge is 1.70. The van der Waals surface area contributed by atoms with E-state index >= 15 is 0 Å². The minimum atomic E-state index is 1.10. The largest absolute Gasteiger partial charge is 0.405 e. The van der Waals surface area contributed by atoms with Crippen molar-refractivity contribution in [1.82, 2.24) is 0 Å². The molecule has 0 bridgehead atoms. The zero-order valence-corrected chi connectivity index (χ0v) is 6.67. The van der Waals surface area contributed by atoms with Crippen molar-refractivity contribution < 1.29 is 0 Å². The monoisotopic (exact) mass is 140 g/mol. The lowest BCUT2D eigenvalue weighted by Crippen LogP contribution is -1.78. The van der Waals surface area contributed by atoms with Gasteiger partial charge < -0.3 is 11.5 Å². The normalized spacial score (nSPS) is 10.4. The topological polar surface area (TPSA) is 52.0 Å². The van der Waals surface area contributed by atoms with Crippen molar-refractivity contribution >= 4 is 0 Å². The van der Waals surface area contributed by atoms with Crippen LogP contribution in [0, 0.1) is 0 Å². The highest BCUT2D eigenvalue weighted by atomic mass is 14.5. The molecule has 58 valence electrons. The second-order valence-electron chi connectivity index (χ2n) is 1.65. The average Bonchev–Trinajstić information content (AvgIpc) is 1.90. The van der Waals surface area contributed by atoms with E-state index in [0.717, 1.165) is 5.57 Å².